The number of rotatable bonds is 8. The summed E-state index contributed by atoms with van der Waals surface area (Å²) in [5.41, 5.74) is 4.75. The molecule has 1 heterocycles. The number of H-pyrrole nitrogens is 1. The van der Waals surface area contributed by atoms with E-state index >= 15 is 0 Å². The zero-order valence-corrected chi connectivity index (χ0v) is 14.4. The summed E-state index contributed by atoms with van der Waals surface area (Å²) in [4.78, 5) is 36.5. The minimum Gasteiger partial charge on any atom is -0.481 e. The topological polar surface area (TPSA) is 146 Å². The predicted molar refractivity (Wildman–Crippen MR) is 91.4 cm³/mol. The van der Waals surface area contributed by atoms with Crippen molar-refractivity contribution in [3.8, 4) is 0 Å². The number of carbonyl (C=O) groups excluding carboxylic acids is 1. The Kier molecular flexibility index (Phi) is 6.29. The van der Waals surface area contributed by atoms with E-state index in [1.807, 2.05) is 0 Å². The molecule has 0 aliphatic rings. The molecule has 1 aromatic heterocycles. The van der Waals surface area contributed by atoms with E-state index in [-0.39, 0.29) is 35.7 Å². The van der Waals surface area contributed by atoms with Gasteiger partial charge in [-0.2, -0.15) is 13.2 Å². The number of hydrogen-bond acceptors (Lipinski definition) is 4. The van der Waals surface area contributed by atoms with Gasteiger partial charge in [0.25, 0.3) is 0 Å². The van der Waals surface area contributed by atoms with Gasteiger partial charge >= 0.3 is 18.1 Å². The highest BCUT2D eigenvalue weighted by Crippen LogP contribution is 2.35. The number of nitrogens with two attached hydrogens (primary N) is 1. The number of benzene rings is 1. The van der Waals surface area contributed by atoms with E-state index in [4.69, 9.17) is 10.8 Å². The van der Waals surface area contributed by atoms with Gasteiger partial charge in [-0.1, -0.05) is 12.1 Å². The van der Waals surface area contributed by atoms with Crippen molar-refractivity contribution >= 4 is 28.7 Å². The molecule has 0 spiro atoms. The standard InChI is InChI=1S/C17H18F3N3O5/c18-17(19,20)10-3-1-2-9-8(7-22-14(9)10)6-12(16(27)28)23-15(26)11(21)4-5-13(24)25/h1-3,7,11-12,22H,4-6,21H2,(H,23,26)(H,24,25)(H,27,28)/t11-,12-/m0/s1. The number of nitrogens with one attached hydrogen (secondary N) is 2. The second kappa shape index (κ2) is 8.30. The lowest BCUT2D eigenvalue weighted by molar-refractivity contribution is -0.142. The first-order chi connectivity index (χ1) is 13.0. The molecule has 1 aromatic carbocycles. The number of halogens is 3. The van der Waals surface area contributed by atoms with Crippen LogP contribution in [0.15, 0.2) is 24.4 Å². The van der Waals surface area contributed by atoms with Crippen LogP contribution in [0.1, 0.15) is 24.0 Å². The Bertz CT molecular complexity index is 894. The first kappa shape index (κ1) is 21.2. The molecular formula is C17H18F3N3O5. The highest BCUT2D eigenvalue weighted by atomic mass is 19.4. The summed E-state index contributed by atoms with van der Waals surface area (Å²) >= 11 is 0. The van der Waals surface area contributed by atoms with Gasteiger partial charge < -0.3 is 26.2 Å². The van der Waals surface area contributed by atoms with E-state index in [0.717, 1.165) is 6.07 Å². The maximum atomic E-state index is 13.1. The first-order valence-electron chi connectivity index (χ1n) is 8.17. The number of carbonyl (C=O) groups is 3. The monoisotopic (exact) mass is 401 g/mol. The quantitative estimate of drug-likeness (QED) is 0.453. The lowest BCUT2D eigenvalue weighted by Crippen LogP contribution is -2.49. The molecule has 0 fully saturated rings. The van der Waals surface area contributed by atoms with E-state index in [0.29, 0.717) is 0 Å². The van der Waals surface area contributed by atoms with Crippen molar-refractivity contribution in [2.75, 3.05) is 0 Å². The van der Waals surface area contributed by atoms with Gasteiger partial charge in [0, 0.05) is 24.4 Å². The molecule has 2 rings (SSSR count). The van der Waals surface area contributed by atoms with Crippen molar-refractivity contribution in [2.24, 2.45) is 5.73 Å². The maximum absolute atomic E-state index is 13.1. The van der Waals surface area contributed by atoms with Gasteiger partial charge in [-0.15, -0.1) is 0 Å². The fourth-order valence-corrected chi connectivity index (χ4v) is 2.73. The molecule has 8 nitrogen and oxygen atoms in total. The number of carboxylic acid groups (broad SMARTS) is 2. The summed E-state index contributed by atoms with van der Waals surface area (Å²) in [6.07, 6.45) is -4.16. The average Bonchev–Trinajstić information content (AvgIpc) is 3.00. The zero-order valence-electron chi connectivity index (χ0n) is 14.4. The zero-order chi connectivity index (χ0) is 21.1. The summed E-state index contributed by atoms with van der Waals surface area (Å²) in [6, 6.07) is 0.851. The summed E-state index contributed by atoms with van der Waals surface area (Å²) in [5.74, 6) is -3.41. The lowest BCUT2D eigenvalue weighted by atomic mass is 10.0. The van der Waals surface area contributed by atoms with Gasteiger partial charge in [-0.3, -0.25) is 9.59 Å². The Labute approximate surface area is 156 Å². The third kappa shape index (κ3) is 5.00. The van der Waals surface area contributed by atoms with Crippen LogP contribution in [0.3, 0.4) is 0 Å². The van der Waals surface area contributed by atoms with Crippen LogP contribution in [0.25, 0.3) is 10.9 Å². The van der Waals surface area contributed by atoms with Crippen molar-refractivity contribution in [1.82, 2.24) is 10.3 Å². The average molecular weight is 401 g/mol. The molecule has 0 unspecified atom stereocenters. The largest absolute Gasteiger partial charge is 0.481 e. The number of aromatic nitrogens is 1. The smallest absolute Gasteiger partial charge is 0.418 e. The highest BCUT2D eigenvalue weighted by Gasteiger charge is 2.33. The van der Waals surface area contributed by atoms with Crippen LogP contribution < -0.4 is 11.1 Å². The van der Waals surface area contributed by atoms with Crippen LogP contribution in [0.2, 0.25) is 0 Å². The molecule has 6 N–H and O–H groups in total. The minimum absolute atomic E-state index is 0.182. The normalized spacial score (nSPS) is 13.9. The summed E-state index contributed by atoms with van der Waals surface area (Å²) in [5, 5.41) is 20.3. The minimum atomic E-state index is -4.58. The van der Waals surface area contributed by atoms with Crippen LogP contribution in [0.4, 0.5) is 13.2 Å². The molecule has 0 aliphatic carbocycles. The van der Waals surface area contributed by atoms with Crippen molar-refractivity contribution in [2.45, 2.75) is 37.5 Å². The van der Waals surface area contributed by atoms with Gasteiger partial charge in [0.2, 0.25) is 5.91 Å². The van der Waals surface area contributed by atoms with E-state index in [2.05, 4.69) is 10.3 Å². The van der Waals surface area contributed by atoms with Crippen molar-refractivity contribution in [3.05, 3.63) is 35.5 Å². The molecule has 0 saturated carbocycles. The van der Waals surface area contributed by atoms with Crippen molar-refractivity contribution in [3.63, 3.8) is 0 Å². The molecule has 2 atom stereocenters. The molecule has 152 valence electrons. The SMILES string of the molecule is N[C@@H](CCC(=O)O)C(=O)N[C@@H](Cc1c[nH]c2c(C(F)(F)F)cccc12)C(=O)O. The Morgan fingerprint density at radius 3 is 2.46 bits per heavy atom. The third-order valence-electron chi connectivity index (χ3n) is 4.15. The third-order valence-corrected chi connectivity index (χ3v) is 4.15. The fourth-order valence-electron chi connectivity index (χ4n) is 2.73. The molecule has 28 heavy (non-hydrogen) atoms. The van der Waals surface area contributed by atoms with Crippen molar-refractivity contribution < 1.29 is 37.8 Å². The Hall–Kier alpha value is -3.08. The van der Waals surface area contributed by atoms with Gasteiger partial charge in [-0.25, -0.2) is 4.79 Å². The van der Waals surface area contributed by atoms with E-state index in [9.17, 15) is 32.7 Å². The van der Waals surface area contributed by atoms with E-state index < -0.39 is 41.7 Å². The molecule has 0 saturated heterocycles. The molecule has 0 aliphatic heterocycles. The molecule has 0 bridgehead atoms. The number of fused-ring (bicyclic) bond motifs is 1. The summed E-state index contributed by atoms with van der Waals surface area (Å²) in [7, 11) is 0. The van der Waals surface area contributed by atoms with E-state index in [1.54, 1.807) is 0 Å². The number of aliphatic carboxylic acids is 2. The van der Waals surface area contributed by atoms with E-state index in [1.165, 1.54) is 18.3 Å². The second-order valence-electron chi connectivity index (χ2n) is 6.18. The molecule has 1 amide bonds. The fraction of sp³-hybridized carbons (Fsp3) is 0.353. The Morgan fingerprint density at radius 2 is 1.89 bits per heavy atom. The van der Waals surface area contributed by atoms with Gasteiger partial charge in [-0.05, 0) is 18.1 Å². The first-order valence-corrected chi connectivity index (χ1v) is 8.17. The van der Waals surface area contributed by atoms with Crippen LogP contribution >= 0.6 is 0 Å². The van der Waals surface area contributed by atoms with Crippen LogP contribution in [-0.4, -0.2) is 45.1 Å². The van der Waals surface area contributed by atoms with Gasteiger partial charge in [0.15, 0.2) is 0 Å². The van der Waals surface area contributed by atoms with Crippen LogP contribution in [-0.2, 0) is 27.0 Å². The number of amides is 1. The summed E-state index contributed by atoms with van der Waals surface area (Å²) in [6.45, 7) is 0. The predicted octanol–water partition coefficient (Wildman–Crippen LogP) is 1.49. The van der Waals surface area contributed by atoms with Gasteiger partial charge in [0.05, 0.1) is 17.1 Å². The number of hydrogen-bond donors (Lipinski definition) is 5. The molecule has 11 heteroatoms. The number of aromatic amines is 1. The Balaban J connectivity index is 2.20. The second-order valence-corrected chi connectivity index (χ2v) is 6.18. The number of para-hydroxylation sites is 1. The Morgan fingerprint density at radius 1 is 1.21 bits per heavy atom. The lowest BCUT2D eigenvalue weighted by Gasteiger charge is -2.17. The number of carboxylic acids is 2. The van der Waals surface area contributed by atoms with Gasteiger partial charge in [0.1, 0.15) is 6.04 Å². The highest BCUT2D eigenvalue weighted by molar-refractivity contribution is 5.89. The van der Waals surface area contributed by atoms with Crippen LogP contribution in [0.5, 0.6) is 0 Å². The molecular weight excluding hydrogens is 383 g/mol. The molecule has 2 aromatic rings. The van der Waals surface area contributed by atoms with Crippen molar-refractivity contribution in [1.29, 1.82) is 0 Å². The van der Waals surface area contributed by atoms with Crippen LogP contribution in [0, 0.1) is 0 Å². The summed E-state index contributed by atoms with van der Waals surface area (Å²) < 4.78 is 39.2. The number of alkyl halides is 3. The maximum Gasteiger partial charge on any atom is 0.418 e. The molecule has 0 radical (unpaired) electrons.